The summed E-state index contributed by atoms with van der Waals surface area (Å²) in [5.41, 5.74) is 0.690. The highest BCUT2D eigenvalue weighted by atomic mass is 127. The summed E-state index contributed by atoms with van der Waals surface area (Å²) in [6.07, 6.45) is 3.82. The highest BCUT2D eigenvalue weighted by Crippen LogP contribution is 2.20. The van der Waals surface area contributed by atoms with Crippen molar-refractivity contribution in [3.63, 3.8) is 0 Å². The number of aliphatic hydroxyl groups is 1. The summed E-state index contributed by atoms with van der Waals surface area (Å²) in [7, 11) is 1.74. The molecule has 2 atom stereocenters. The molecule has 0 aliphatic heterocycles. The molecule has 1 aliphatic carbocycles. The van der Waals surface area contributed by atoms with Gasteiger partial charge in [-0.25, -0.2) is 0 Å². The van der Waals surface area contributed by atoms with Crippen LogP contribution in [-0.4, -0.2) is 35.1 Å². The first-order chi connectivity index (χ1) is 8.11. The molecule has 0 saturated heterocycles. The van der Waals surface area contributed by atoms with Crippen LogP contribution in [0.2, 0.25) is 0 Å². The Bertz CT molecular complexity index is 458. The van der Waals surface area contributed by atoms with Gasteiger partial charge in [-0.3, -0.25) is 4.79 Å². The van der Waals surface area contributed by atoms with Gasteiger partial charge in [0.25, 0.3) is 5.91 Å². The van der Waals surface area contributed by atoms with Gasteiger partial charge in [-0.15, -0.1) is 0 Å². The first-order valence-electron chi connectivity index (χ1n) is 5.47. The van der Waals surface area contributed by atoms with Crippen LogP contribution in [0.25, 0.3) is 0 Å². The van der Waals surface area contributed by atoms with Crippen molar-refractivity contribution < 1.29 is 9.90 Å². The molecule has 3 nitrogen and oxygen atoms in total. The van der Waals surface area contributed by atoms with E-state index < -0.39 is 6.10 Å². The van der Waals surface area contributed by atoms with Crippen LogP contribution in [0.4, 0.5) is 0 Å². The van der Waals surface area contributed by atoms with E-state index in [0.717, 1.165) is 3.57 Å². The summed E-state index contributed by atoms with van der Waals surface area (Å²) in [5, 5.41) is 9.74. The minimum Gasteiger partial charge on any atom is -0.387 e. The normalized spacial score (nSPS) is 22.8. The number of rotatable bonds is 2. The Labute approximate surface area is 114 Å². The van der Waals surface area contributed by atoms with E-state index in [4.69, 9.17) is 0 Å². The molecule has 1 aromatic rings. The van der Waals surface area contributed by atoms with Gasteiger partial charge in [0.05, 0.1) is 17.7 Å². The summed E-state index contributed by atoms with van der Waals surface area (Å²) in [5.74, 6) is -0.0391. The number of carbonyl (C=O) groups excluding carboxylic acids is 1. The van der Waals surface area contributed by atoms with Gasteiger partial charge >= 0.3 is 0 Å². The minimum atomic E-state index is -0.551. The molecule has 0 fully saturated rings. The van der Waals surface area contributed by atoms with E-state index in [1.54, 1.807) is 18.0 Å². The zero-order valence-electron chi connectivity index (χ0n) is 9.51. The molecule has 1 amide bonds. The van der Waals surface area contributed by atoms with Crippen molar-refractivity contribution in [3.05, 3.63) is 45.6 Å². The lowest BCUT2D eigenvalue weighted by Crippen LogP contribution is -2.42. The zero-order chi connectivity index (χ0) is 12.4. The lowest BCUT2D eigenvalue weighted by atomic mass is 10.1. The summed E-state index contributed by atoms with van der Waals surface area (Å²) in [4.78, 5) is 13.9. The third-order valence-corrected chi connectivity index (χ3v) is 3.97. The monoisotopic (exact) mass is 343 g/mol. The predicted molar refractivity (Wildman–Crippen MR) is 74.8 cm³/mol. The van der Waals surface area contributed by atoms with Gasteiger partial charge in [-0.1, -0.05) is 24.3 Å². The van der Waals surface area contributed by atoms with E-state index in [-0.39, 0.29) is 11.9 Å². The van der Waals surface area contributed by atoms with Gasteiger partial charge in [0.1, 0.15) is 0 Å². The van der Waals surface area contributed by atoms with E-state index in [9.17, 15) is 9.90 Å². The lowest BCUT2D eigenvalue weighted by Gasteiger charge is -2.27. The Morgan fingerprint density at radius 3 is 2.76 bits per heavy atom. The minimum absolute atomic E-state index is 0.0391. The SMILES string of the molecule is CN(C(=O)c1ccccc1I)C1CC=CC1O. The molecular weight excluding hydrogens is 329 g/mol. The number of benzene rings is 1. The highest BCUT2D eigenvalue weighted by molar-refractivity contribution is 14.1. The summed E-state index contributed by atoms with van der Waals surface area (Å²) < 4.78 is 0.933. The predicted octanol–water partition coefficient (Wildman–Crippen LogP) is 2.05. The fourth-order valence-electron chi connectivity index (χ4n) is 1.99. The lowest BCUT2D eigenvalue weighted by molar-refractivity contribution is 0.0591. The summed E-state index contributed by atoms with van der Waals surface area (Å²) >= 11 is 2.15. The van der Waals surface area contributed by atoms with Crippen LogP contribution in [0, 0.1) is 3.57 Å². The summed E-state index contributed by atoms with van der Waals surface area (Å²) in [6, 6.07) is 7.34. The maximum Gasteiger partial charge on any atom is 0.255 e. The van der Waals surface area contributed by atoms with E-state index in [2.05, 4.69) is 22.6 Å². The number of likely N-dealkylation sites (N-methyl/N-ethyl adjacent to an activating group) is 1. The zero-order valence-corrected chi connectivity index (χ0v) is 11.7. The maximum atomic E-state index is 12.3. The van der Waals surface area contributed by atoms with Crippen LogP contribution in [-0.2, 0) is 0 Å². The van der Waals surface area contributed by atoms with Crippen molar-refractivity contribution in [1.29, 1.82) is 0 Å². The number of aliphatic hydroxyl groups excluding tert-OH is 1. The highest BCUT2D eigenvalue weighted by Gasteiger charge is 2.28. The van der Waals surface area contributed by atoms with Crippen LogP contribution < -0.4 is 0 Å². The number of amides is 1. The molecule has 17 heavy (non-hydrogen) atoms. The van der Waals surface area contributed by atoms with Crippen LogP contribution in [0.1, 0.15) is 16.8 Å². The van der Waals surface area contributed by atoms with E-state index >= 15 is 0 Å². The Balaban J connectivity index is 2.18. The molecule has 0 heterocycles. The fraction of sp³-hybridized carbons (Fsp3) is 0.308. The molecule has 0 radical (unpaired) electrons. The molecule has 2 rings (SSSR count). The van der Waals surface area contributed by atoms with Crippen LogP contribution >= 0.6 is 22.6 Å². The second-order valence-corrected chi connectivity index (χ2v) is 5.28. The number of hydrogen-bond acceptors (Lipinski definition) is 2. The van der Waals surface area contributed by atoms with Crippen molar-refractivity contribution in [2.24, 2.45) is 0 Å². The van der Waals surface area contributed by atoms with Crippen LogP contribution in [0.3, 0.4) is 0 Å². The molecule has 0 bridgehead atoms. The molecule has 2 unspecified atom stereocenters. The molecule has 0 spiro atoms. The summed E-state index contributed by atoms with van der Waals surface area (Å²) in [6.45, 7) is 0. The average Bonchev–Trinajstić information content (AvgIpc) is 2.74. The standard InChI is InChI=1S/C13H14INO2/c1-15(11-7-4-8-12(11)16)13(17)9-5-2-3-6-10(9)14/h2-6,8,11-12,16H,7H2,1H3. The van der Waals surface area contributed by atoms with Gasteiger partial charge in [0.15, 0.2) is 0 Å². The molecule has 0 saturated carbocycles. The quantitative estimate of drug-likeness (QED) is 0.660. The van der Waals surface area contributed by atoms with Gasteiger partial charge in [-0.2, -0.15) is 0 Å². The molecule has 90 valence electrons. The second kappa shape index (κ2) is 5.18. The van der Waals surface area contributed by atoms with Crippen molar-refractivity contribution in [2.45, 2.75) is 18.6 Å². The first-order valence-corrected chi connectivity index (χ1v) is 6.55. The number of hydrogen-bond donors (Lipinski definition) is 1. The molecule has 4 heteroatoms. The maximum absolute atomic E-state index is 12.3. The third kappa shape index (κ3) is 2.52. The van der Waals surface area contributed by atoms with Gasteiger partial charge in [0.2, 0.25) is 0 Å². The average molecular weight is 343 g/mol. The first kappa shape index (κ1) is 12.6. The Kier molecular flexibility index (Phi) is 3.83. The van der Waals surface area contributed by atoms with E-state index in [1.165, 1.54) is 0 Å². The van der Waals surface area contributed by atoms with Crippen molar-refractivity contribution in [2.75, 3.05) is 7.05 Å². The van der Waals surface area contributed by atoms with E-state index in [1.807, 2.05) is 30.3 Å². The topological polar surface area (TPSA) is 40.5 Å². The largest absolute Gasteiger partial charge is 0.387 e. The van der Waals surface area contributed by atoms with Gasteiger partial charge in [-0.05, 0) is 41.1 Å². The molecule has 1 aromatic carbocycles. The molecular formula is C13H14INO2. The van der Waals surface area contributed by atoms with Crippen molar-refractivity contribution in [1.82, 2.24) is 4.90 Å². The Morgan fingerprint density at radius 2 is 2.18 bits per heavy atom. The Morgan fingerprint density at radius 1 is 1.47 bits per heavy atom. The fourth-order valence-corrected chi connectivity index (χ4v) is 2.61. The number of carbonyl (C=O) groups is 1. The second-order valence-electron chi connectivity index (χ2n) is 4.12. The van der Waals surface area contributed by atoms with Gasteiger partial charge in [0, 0.05) is 10.6 Å². The van der Waals surface area contributed by atoms with Crippen molar-refractivity contribution >= 4 is 28.5 Å². The van der Waals surface area contributed by atoms with Gasteiger partial charge < -0.3 is 10.0 Å². The van der Waals surface area contributed by atoms with Crippen LogP contribution in [0.5, 0.6) is 0 Å². The Hall–Kier alpha value is -0.880. The number of halogens is 1. The van der Waals surface area contributed by atoms with E-state index in [0.29, 0.717) is 12.0 Å². The molecule has 0 aromatic heterocycles. The molecule has 1 aliphatic rings. The third-order valence-electron chi connectivity index (χ3n) is 3.03. The number of nitrogens with zero attached hydrogens (tertiary/aromatic N) is 1. The smallest absolute Gasteiger partial charge is 0.255 e. The molecule has 1 N–H and O–H groups in total. The van der Waals surface area contributed by atoms with Crippen LogP contribution in [0.15, 0.2) is 36.4 Å². The van der Waals surface area contributed by atoms with Crippen molar-refractivity contribution in [3.8, 4) is 0 Å².